The summed E-state index contributed by atoms with van der Waals surface area (Å²) in [7, 11) is 0. The van der Waals surface area contributed by atoms with E-state index in [9.17, 15) is 4.79 Å². The second-order valence-electron chi connectivity index (χ2n) is 3.93. The first-order chi connectivity index (χ1) is 7.77. The fraction of sp³-hybridized carbons (Fsp3) is 0.667. The summed E-state index contributed by atoms with van der Waals surface area (Å²) in [5.41, 5.74) is 0. The van der Waals surface area contributed by atoms with E-state index >= 15 is 0 Å². The molecule has 0 saturated carbocycles. The van der Waals surface area contributed by atoms with Crippen molar-refractivity contribution in [3.05, 3.63) is 18.7 Å². The molecule has 0 fully saturated rings. The van der Waals surface area contributed by atoms with E-state index < -0.39 is 0 Å². The summed E-state index contributed by atoms with van der Waals surface area (Å²) in [5.74, 6) is 0.248. The standard InChI is InChI=1S/C12H21N3O/c1-3-7-15(8-4-2)12(16)5-9-14-10-6-13-11-14/h6,10-11H,3-5,7-9H2,1-2H3. The summed E-state index contributed by atoms with van der Waals surface area (Å²) < 4.78 is 1.94. The summed E-state index contributed by atoms with van der Waals surface area (Å²) in [5, 5.41) is 0. The predicted octanol–water partition coefficient (Wildman–Crippen LogP) is 1.92. The van der Waals surface area contributed by atoms with Crippen molar-refractivity contribution < 1.29 is 4.79 Å². The Morgan fingerprint density at radius 2 is 2.00 bits per heavy atom. The summed E-state index contributed by atoms with van der Waals surface area (Å²) in [6.07, 6.45) is 7.98. The summed E-state index contributed by atoms with van der Waals surface area (Å²) in [4.78, 5) is 17.8. The Hall–Kier alpha value is -1.32. The molecule has 0 spiro atoms. The second kappa shape index (κ2) is 7.04. The lowest BCUT2D eigenvalue weighted by atomic mass is 10.3. The van der Waals surface area contributed by atoms with Crippen molar-refractivity contribution in [3.8, 4) is 0 Å². The monoisotopic (exact) mass is 223 g/mol. The van der Waals surface area contributed by atoms with Gasteiger partial charge in [-0.2, -0.15) is 0 Å². The summed E-state index contributed by atoms with van der Waals surface area (Å²) in [6, 6.07) is 0. The molecule has 0 N–H and O–H groups in total. The van der Waals surface area contributed by atoms with Crippen molar-refractivity contribution in [2.75, 3.05) is 13.1 Å². The number of nitrogens with zero attached hydrogens (tertiary/aromatic N) is 3. The van der Waals surface area contributed by atoms with Gasteiger partial charge in [-0.3, -0.25) is 4.79 Å². The van der Waals surface area contributed by atoms with Gasteiger partial charge in [0.25, 0.3) is 0 Å². The third-order valence-electron chi connectivity index (χ3n) is 2.48. The van der Waals surface area contributed by atoms with Crippen molar-refractivity contribution >= 4 is 5.91 Å². The molecule has 1 aromatic heterocycles. The Balaban J connectivity index is 2.36. The van der Waals surface area contributed by atoms with E-state index in [1.807, 2.05) is 15.7 Å². The van der Waals surface area contributed by atoms with Crippen LogP contribution in [0.3, 0.4) is 0 Å². The molecule has 0 atom stereocenters. The van der Waals surface area contributed by atoms with Gasteiger partial charge in [0.2, 0.25) is 5.91 Å². The van der Waals surface area contributed by atoms with Crippen molar-refractivity contribution in [1.82, 2.24) is 14.5 Å². The third kappa shape index (κ3) is 4.04. The van der Waals surface area contributed by atoms with Crippen LogP contribution in [-0.2, 0) is 11.3 Å². The van der Waals surface area contributed by atoms with Gasteiger partial charge >= 0.3 is 0 Å². The molecular weight excluding hydrogens is 202 g/mol. The van der Waals surface area contributed by atoms with E-state index in [2.05, 4.69) is 18.8 Å². The van der Waals surface area contributed by atoms with Crippen LogP contribution in [0.25, 0.3) is 0 Å². The molecule has 4 nitrogen and oxygen atoms in total. The molecule has 0 aromatic carbocycles. The maximum absolute atomic E-state index is 11.9. The molecule has 1 heterocycles. The molecule has 1 aromatic rings. The Bertz CT molecular complexity index is 289. The van der Waals surface area contributed by atoms with Gasteiger partial charge < -0.3 is 9.47 Å². The number of hydrogen-bond donors (Lipinski definition) is 0. The summed E-state index contributed by atoms with van der Waals surface area (Å²) in [6.45, 7) is 6.67. The number of carbonyl (C=O) groups excluding carboxylic acids is 1. The van der Waals surface area contributed by atoms with Crippen molar-refractivity contribution in [2.45, 2.75) is 39.7 Å². The first kappa shape index (κ1) is 12.7. The quantitative estimate of drug-likeness (QED) is 0.708. The molecule has 0 unspecified atom stereocenters. The van der Waals surface area contributed by atoms with E-state index in [4.69, 9.17) is 0 Å². The lowest BCUT2D eigenvalue weighted by molar-refractivity contribution is -0.131. The average molecular weight is 223 g/mol. The van der Waals surface area contributed by atoms with Gasteiger partial charge in [0.05, 0.1) is 6.33 Å². The highest BCUT2D eigenvalue weighted by Crippen LogP contribution is 2.00. The number of aromatic nitrogens is 2. The van der Waals surface area contributed by atoms with Crippen LogP contribution in [0.4, 0.5) is 0 Å². The zero-order valence-corrected chi connectivity index (χ0v) is 10.2. The van der Waals surface area contributed by atoms with E-state index in [1.165, 1.54) is 0 Å². The summed E-state index contributed by atoms with van der Waals surface area (Å²) >= 11 is 0. The van der Waals surface area contributed by atoms with E-state index in [1.54, 1.807) is 12.5 Å². The zero-order valence-electron chi connectivity index (χ0n) is 10.2. The lowest BCUT2D eigenvalue weighted by Crippen LogP contribution is -2.32. The first-order valence-corrected chi connectivity index (χ1v) is 6.01. The highest BCUT2D eigenvalue weighted by atomic mass is 16.2. The molecule has 1 amide bonds. The Kier molecular flexibility index (Phi) is 5.61. The largest absolute Gasteiger partial charge is 0.343 e. The van der Waals surface area contributed by atoms with Crippen molar-refractivity contribution in [2.24, 2.45) is 0 Å². The lowest BCUT2D eigenvalue weighted by Gasteiger charge is -2.21. The first-order valence-electron chi connectivity index (χ1n) is 6.01. The SMILES string of the molecule is CCCN(CCC)C(=O)CCn1ccnc1. The minimum Gasteiger partial charge on any atom is -0.343 e. The fourth-order valence-electron chi connectivity index (χ4n) is 1.70. The van der Waals surface area contributed by atoms with Crippen LogP contribution < -0.4 is 0 Å². The fourth-order valence-corrected chi connectivity index (χ4v) is 1.70. The van der Waals surface area contributed by atoms with Crippen molar-refractivity contribution in [3.63, 3.8) is 0 Å². The molecule has 0 aliphatic heterocycles. The number of amides is 1. The number of rotatable bonds is 7. The van der Waals surface area contributed by atoms with Gasteiger partial charge in [-0.1, -0.05) is 13.8 Å². The molecule has 16 heavy (non-hydrogen) atoms. The van der Waals surface area contributed by atoms with E-state index in [0.717, 1.165) is 32.5 Å². The van der Waals surface area contributed by atoms with Crippen LogP contribution in [-0.4, -0.2) is 33.4 Å². The third-order valence-corrected chi connectivity index (χ3v) is 2.48. The molecular formula is C12H21N3O. The van der Waals surface area contributed by atoms with Crippen LogP contribution in [0.2, 0.25) is 0 Å². The minimum absolute atomic E-state index is 0.248. The zero-order chi connectivity index (χ0) is 11.8. The van der Waals surface area contributed by atoms with Gasteiger partial charge in [-0.05, 0) is 12.8 Å². The van der Waals surface area contributed by atoms with Gasteiger partial charge in [0.1, 0.15) is 0 Å². The second-order valence-corrected chi connectivity index (χ2v) is 3.93. The van der Waals surface area contributed by atoms with Crippen LogP contribution in [0.5, 0.6) is 0 Å². The molecule has 0 aliphatic rings. The van der Waals surface area contributed by atoms with Crippen LogP contribution in [0, 0.1) is 0 Å². The molecule has 0 saturated heterocycles. The van der Waals surface area contributed by atoms with E-state index in [0.29, 0.717) is 6.42 Å². The predicted molar refractivity (Wildman–Crippen MR) is 64.0 cm³/mol. The molecule has 0 radical (unpaired) electrons. The van der Waals surface area contributed by atoms with Gasteiger partial charge in [0.15, 0.2) is 0 Å². The van der Waals surface area contributed by atoms with Crippen LogP contribution in [0.15, 0.2) is 18.7 Å². The average Bonchev–Trinajstić information content (AvgIpc) is 2.78. The number of aryl methyl sites for hydroxylation is 1. The Morgan fingerprint density at radius 1 is 1.31 bits per heavy atom. The topological polar surface area (TPSA) is 38.1 Å². The number of carbonyl (C=O) groups is 1. The maximum Gasteiger partial charge on any atom is 0.224 e. The van der Waals surface area contributed by atoms with Gasteiger partial charge in [0, 0.05) is 38.4 Å². The molecule has 0 bridgehead atoms. The van der Waals surface area contributed by atoms with Gasteiger partial charge in [-0.15, -0.1) is 0 Å². The van der Waals surface area contributed by atoms with Gasteiger partial charge in [-0.25, -0.2) is 4.98 Å². The normalized spacial score (nSPS) is 10.4. The minimum atomic E-state index is 0.248. The molecule has 4 heteroatoms. The molecule has 0 aliphatic carbocycles. The van der Waals surface area contributed by atoms with Crippen LogP contribution >= 0.6 is 0 Å². The highest BCUT2D eigenvalue weighted by Gasteiger charge is 2.10. The Labute approximate surface area is 97.3 Å². The molecule has 1 rings (SSSR count). The number of imidazole rings is 1. The number of hydrogen-bond acceptors (Lipinski definition) is 2. The Morgan fingerprint density at radius 3 is 2.50 bits per heavy atom. The maximum atomic E-state index is 11.9. The van der Waals surface area contributed by atoms with Crippen LogP contribution in [0.1, 0.15) is 33.1 Å². The van der Waals surface area contributed by atoms with E-state index in [-0.39, 0.29) is 5.91 Å². The smallest absolute Gasteiger partial charge is 0.224 e. The van der Waals surface area contributed by atoms with Crippen molar-refractivity contribution in [1.29, 1.82) is 0 Å². The molecule has 90 valence electrons. The highest BCUT2D eigenvalue weighted by molar-refractivity contribution is 5.76.